The molecule has 0 saturated carbocycles. The van der Waals surface area contributed by atoms with E-state index in [1.54, 1.807) is 6.07 Å². The Hall–Kier alpha value is -1.09. The Morgan fingerprint density at radius 1 is 1.58 bits per heavy atom. The molecule has 4 N–H and O–H groups in total. The molecule has 64 valence electrons. The van der Waals surface area contributed by atoms with Gasteiger partial charge in [-0.1, -0.05) is 17.7 Å². The van der Waals surface area contributed by atoms with Crippen LogP contribution in [0.2, 0.25) is 5.02 Å². The van der Waals surface area contributed by atoms with Crippen molar-refractivity contribution >= 4 is 17.4 Å². The third kappa shape index (κ3) is 1.95. The Morgan fingerprint density at radius 3 is 2.75 bits per heavy atom. The van der Waals surface area contributed by atoms with E-state index < -0.39 is 0 Å². The van der Waals surface area contributed by atoms with E-state index in [1.807, 2.05) is 0 Å². The second-order valence-corrected chi connectivity index (χ2v) is 2.86. The maximum absolute atomic E-state index is 13.0. The Labute approximate surface area is 74.7 Å². The van der Waals surface area contributed by atoms with E-state index in [0.29, 0.717) is 10.6 Å². The van der Waals surface area contributed by atoms with Crippen molar-refractivity contribution in [3.8, 4) is 0 Å². The summed E-state index contributed by atoms with van der Waals surface area (Å²) in [5.74, 6) is -0.224. The fraction of sp³-hybridized carbons (Fsp3) is 0.125. The van der Waals surface area contributed by atoms with Gasteiger partial charge in [-0.2, -0.15) is 0 Å². The lowest BCUT2D eigenvalue weighted by atomic mass is 10.1. The average molecular weight is 188 g/mol. The first-order valence-electron chi connectivity index (χ1n) is 3.41. The molecule has 1 rings (SSSR count). The molecule has 0 aliphatic heterocycles. The van der Waals surface area contributed by atoms with E-state index in [2.05, 4.69) is 0 Å². The second-order valence-electron chi connectivity index (χ2n) is 2.45. The Kier molecular flexibility index (Phi) is 2.65. The van der Waals surface area contributed by atoms with E-state index in [1.165, 1.54) is 12.1 Å². The molecule has 0 radical (unpaired) electrons. The molecule has 4 heteroatoms. The lowest BCUT2D eigenvalue weighted by Gasteiger charge is -2.00. The molecule has 1 aromatic rings. The molecule has 0 aromatic heterocycles. The molecule has 1 aromatic carbocycles. The first-order chi connectivity index (χ1) is 5.61. The predicted molar refractivity (Wildman–Crippen MR) is 46.2 cm³/mol. The van der Waals surface area contributed by atoms with Crippen LogP contribution in [0.15, 0.2) is 18.2 Å². The minimum atomic E-state index is -0.379. The zero-order valence-corrected chi connectivity index (χ0v) is 7.11. The monoisotopic (exact) mass is 187 g/mol. The van der Waals surface area contributed by atoms with Gasteiger partial charge in [-0.05, 0) is 12.1 Å². The number of nitrogens with two attached hydrogens (primary N) is 2. The van der Waals surface area contributed by atoms with Crippen LogP contribution in [0.3, 0.4) is 0 Å². The summed E-state index contributed by atoms with van der Waals surface area (Å²) in [7, 11) is 0. The highest BCUT2D eigenvalue weighted by Crippen LogP contribution is 2.18. The van der Waals surface area contributed by atoms with Gasteiger partial charge in [0.15, 0.2) is 0 Å². The number of amidine groups is 1. The molecule has 0 fully saturated rings. The topological polar surface area (TPSA) is 51.6 Å². The predicted octanol–water partition coefficient (Wildman–Crippen LogP) is 0.138. The number of hydrogen-bond donors (Lipinski definition) is 2. The quantitative estimate of drug-likeness (QED) is 0.502. The molecule has 0 bridgehead atoms. The molecule has 0 atom stereocenters. The zero-order chi connectivity index (χ0) is 9.14. The maximum Gasteiger partial charge on any atom is 0.242 e. The molecule has 0 unspecified atom stereocenters. The fourth-order valence-corrected chi connectivity index (χ4v) is 1.14. The van der Waals surface area contributed by atoms with Crippen molar-refractivity contribution in [2.45, 2.75) is 6.42 Å². The highest BCUT2D eigenvalue weighted by molar-refractivity contribution is 6.31. The molecule has 2 nitrogen and oxygen atoms in total. The number of halogens is 2. The smallest absolute Gasteiger partial charge is 0.242 e. The standard InChI is InChI=1S/C8H8ClFN2/c9-6-2-1-3-7(10)5(6)4-8(11)12/h1-3H,4H2,(H3,11,12)/p+1. The Morgan fingerprint density at radius 2 is 2.25 bits per heavy atom. The number of hydrogen-bond acceptors (Lipinski definition) is 0. The summed E-state index contributed by atoms with van der Waals surface area (Å²) in [5, 5.41) is 5.58. The molecule has 12 heavy (non-hydrogen) atoms. The van der Waals surface area contributed by atoms with Gasteiger partial charge in [0.25, 0.3) is 0 Å². The van der Waals surface area contributed by atoms with Gasteiger partial charge in [0, 0.05) is 10.6 Å². The van der Waals surface area contributed by atoms with Gasteiger partial charge in [-0.15, -0.1) is 0 Å². The average Bonchev–Trinajstić information content (AvgIpc) is 1.97. The molecule has 0 spiro atoms. The van der Waals surface area contributed by atoms with Crippen LogP contribution in [0, 0.1) is 5.82 Å². The fourth-order valence-electron chi connectivity index (χ4n) is 0.905. The molecular weight excluding hydrogens is 179 g/mol. The molecular formula is C8H9ClFN2+. The van der Waals surface area contributed by atoms with Crippen molar-refractivity contribution in [1.82, 2.24) is 0 Å². The van der Waals surface area contributed by atoms with Gasteiger partial charge in [-0.3, -0.25) is 11.1 Å². The largest absolute Gasteiger partial charge is 0.291 e. The highest BCUT2D eigenvalue weighted by Gasteiger charge is 2.09. The summed E-state index contributed by atoms with van der Waals surface area (Å²) in [4.78, 5) is 0. The normalized spacial score (nSPS) is 9.83. The summed E-state index contributed by atoms with van der Waals surface area (Å²) < 4.78 is 13.0. The van der Waals surface area contributed by atoms with E-state index >= 15 is 0 Å². The van der Waals surface area contributed by atoms with Crippen LogP contribution in [0.5, 0.6) is 0 Å². The summed E-state index contributed by atoms with van der Waals surface area (Å²) in [6.07, 6.45) is 0.172. The summed E-state index contributed by atoms with van der Waals surface area (Å²) in [5.41, 5.74) is 5.58. The first kappa shape index (κ1) is 9.00. The minimum Gasteiger partial charge on any atom is -0.291 e. The molecule has 0 aliphatic carbocycles. The highest BCUT2D eigenvalue weighted by atomic mass is 35.5. The van der Waals surface area contributed by atoms with E-state index in [0.717, 1.165) is 0 Å². The van der Waals surface area contributed by atoms with Gasteiger partial charge in [0.2, 0.25) is 5.84 Å². The van der Waals surface area contributed by atoms with Gasteiger partial charge < -0.3 is 0 Å². The maximum atomic E-state index is 13.0. The molecule has 0 heterocycles. The van der Waals surface area contributed by atoms with Crippen molar-refractivity contribution in [2.75, 3.05) is 0 Å². The van der Waals surface area contributed by atoms with Crippen LogP contribution in [0.25, 0.3) is 0 Å². The van der Waals surface area contributed by atoms with Crippen molar-refractivity contribution in [2.24, 2.45) is 5.73 Å². The van der Waals surface area contributed by atoms with Gasteiger partial charge in [0.1, 0.15) is 5.82 Å². The van der Waals surface area contributed by atoms with Gasteiger partial charge in [0.05, 0.1) is 6.42 Å². The Balaban J connectivity index is 3.04. The number of benzene rings is 1. The van der Waals surface area contributed by atoms with Gasteiger partial charge >= 0.3 is 0 Å². The minimum absolute atomic E-state index is 0.155. The summed E-state index contributed by atoms with van der Waals surface area (Å²) >= 11 is 5.71. The van der Waals surface area contributed by atoms with Crippen LogP contribution >= 0.6 is 11.6 Å². The summed E-state index contributed by atoms with van der Waals surface area (Å²) in [6.45, 7) is 0. The van der Waals surface area contributed by atoms with Crippen molar-refractivity contribution < 1.29 is 9.80 Å². The van der Waals surface area contributed by atoms with E-state index in [4.69, 9.17) is 22.7 Å². The van der Waals surface area contributed by atoms with E-state index in [9.17, 15) is 4.39 Å². The van der Waals surface area contributed by atoms with Gasteiger partial charge in [-0.25, -0.2) is 4.39 Å². The lowest BCUT2D eigenvalue weighted by molar-refractivity contribution is -0.117. The third-order valence-corrected chi connectivity index (χ3v) is 1.80. The van der Waals surface area contributed by atoms with Crippen LogP contribution in [-0.4, -0.2) is 5.84 Å². The zero-order valence-electron chi connectivity index (χ0n) is 6.35. The van der Waals surface area contributed by atoms with Crippen LogP contribution < -0.4 is 11.1 Å². The first-order valence-corrected chi connectivity index (χ1v) is 3.78. The Bertz CT molecular complexity index is 292. The van der Waals surface area contributed by atoms with E-state index in [-0.39, 0.29) is 18.1 Å². The van der Waals surface area contributed by atoms with Crippen molar-refractivity contribution in [3.63, 3.8) is 0 Å². The second kappa shape index (κ2) is 3.54. The van der Waals surface area contributed by atoms with Crippen LogP contribution in [0.1, 0.15) is 5.56 Å². The summed E-state index contributed by atoms with van der Waals surface area (Å²) in [6, 6.07) is 4.46. The lowest BCUT2D eigenvalue weighted by Crippen LogP contribution is -2.47. The number of rotatable bonds is 2. The van der Waals surface area contributed by atoms with Crippen LogP contribution in [0.4, 0.5) is 4.39 Å². The third-order valence-electron chi connectivity index (χ3n) is 1.44. The SMILES string of the molecule is NC(=[NH2+])Cc1c(F)cccc1Cl. The van der Waals surface area contributed by atoms with Crippen molar-refractivity contribution in [3.05, 3.63) is 34.6 Å². The van der Waals surface area contributed by atoms with Crippen molar-refractivity contribution in [1.29, 1.82) is 0 Å². The molecule has 0 aliphatic rings. The van der Waals surface area contributed by atoms with Crippen LogP contribution in [-0.2, 0) is 6.42 Å². The molecule has 0 amide bonds. The molecule has 0 saturated heterocycles.